The number of hydrogen-bond acceptors (Lipinski definition) is 4. The maximum atomic E-state index is 5.28. The van der Waals surface area contributed by atoms with E-state index in [4.69, 9.17) is 15.0 Å². The van der Waals surface area contributed by atoms with Crippen LogP contribution in [0, 0.1) is 0 Å². The molecule has 0 aliphatic carbocycles. The fraction of sp³-hybridized carbons (Fsp3) is 0. The number of rotatable bonds is 6. The van der Waals surface area contributed by atoms with E-state index in [1.165, 1.54) is 130 Å². The highest BCUT2D eigenvalue weighted by molar-refractivity contribution is 7.28. The van der Waals surface area contributed by atoms with Crippen molar-refractivity contribution >= 4 is 231 Å². The lowest BCUT2D eigenvalue weighted by Gasteiger charge is -2.29. The van der Waals surface area contributed by atoms with Gasteiger partial charge in [0, 0.05) is 26.1 Å². The van der Waals surface area contributed by atoms with E-state index < -0.39 is 0 Å². The molecule has 0 radical (unpaired) electrons. The fourth-order valence-electron chi connectivity index (χ4n) is 10.5. The molecule has 0 N–H and O–H groups in total. The van der Waals surface area contributed by atoms with Crippen LogP contribution >= 0.6 is 11.3 Å². The van der Waals surface area contributed by atoms with Crippen molar-refractivity contribution in [2.24, 2.45) is 0 Å². The molecule has 0 atom stereocenters. The molecule has 0 saturated carbocycles. The molecule has 19 heteroatoms. The van der Waals surface area contributed by atoms with Gasteiger partial charge in [0.15, 0.2) is 17.5 Å². The van der Waals surface area contributed by atoms with Gasteiger partial charge in [0.1, 0.15) is 118 Å². The second kappa shape index (κ2) is 16.6. The number of thiophene rings is 1. The Labute approximate surface area is 396 Å². The number of nitrogens with zero attached hydrogens (tertiary/aromatic N) is 3. The molecule has 2 heterocycles. The maximum absolute atomic E-state index is 5.28. The topological polar surface area (TPSA) is 38.7 Å². The van der Waals surface area contributed by atoms with E-state index >= 15 is 0 Å². The molecule has 9 rings (SSSR count). The summed E-state index contributed by atoms with van der Waals surface area (Å²) in [6, 6.07) is 29.3. The molecule has 2 aromatic heterocycles. The lowest BCUT2D eigenvalue weighted by Crippen LogP contribution is -2.51. The van der Waals surface area contributed by atoms with Crippen molar-refractivity contribution in [3.05, 3.63) is 84.9 Å². The summed E-state index contributed by atoms with van der Waals surface area (Å²) >= 11 is 2.00. The third-order valence-corrected chi connectivity index (χ3v) is 16.6. The molecule has 7 aromatic carbocycles. The molecule has 0 aliphatic rings. The minimum atomic E-state index is 0.667. The molecule has 64 heavy (non-hydrogen) atoms. The van der Waals surface area contributed by atoms with E-state index in [1.54, 1.807) is 0 Å². The molecule has 290 valence electrons. The second-order valence-electron chi connectivity index (χ2n) is 18.4. The smallest absolute Gasteiger partial charge is 0.164 e. The third-order valence-electron chi connectivity index (χ3n) is 15.3. The number of fused-ring (bicyclic) bond motifs is 3. The van der Waals surface area contributed by atoms with Gasteiger partial charge in [-0.15, -0.1) is 27.7 Å². The predicted molar refractivity (Wildman–Crippen MR) is 328 cm³/mol. The average molecular weight is 821 g/mol. The van der Waals surface area contributed by atoms with Crippen LogP contribution < -0.4 is 81.9 Å². The van der Waals surface area contributed by atoms with Gasteiger partial charge in [-0.2, -0.15) is 0 Å². The highest BCUT2D eigenvalue weighted by atomic mass is 32.1. The first-order valence-electron chi connectivity index (χ1n) is 22.6. The van der Waals surface area contributed by atoms with Crippen LogP contribution in [0.5, 0.6) is 0 Å². The van der Waals surface area contributed by atoms with E-state index in [0.717, 1.165) is 22.3 Å². The number of benzene rings is 7. The van der Waals surface area contributed by atoms with E-state index in [2.05, 4.69) is 184 Å². The lowest BCUT2D eigenvalue weighted by molar-refractivity contribution is 1.08. The normalized spacial score (nSPS) is 11.4. The Morgan fingerprint density at radius 3 is 1.05 bits per heavy atom. The molecule has 3 nitrogen and oxygen atoms in total. The Hall–Kier alpha value is -5.26. The van der Waals surface area contributed by atoms with Crippen LogP contribution in [0.15, 0.2) is 84.9 Å². The summed E-state index contributed by atoms with van der Waals surface area (Å²) in [4.78, 5) is 15.6. The molecule has 0 spiro atoms. The summed E-state index contributed by atoms with van der Waals surface area (Å²) in [6.45, 7) is 0. The molecule has 9 aromatic rings. The van der Waals surface area contributed by atoms with E-state index in [1.807, 2.05) is 29.5 Å². The van der Waals surface area contributed by atoms with Crippen LogP contribution in [0.4, 0.5) is 0 Å². The number of aromatic nitrogens is 3. The highest BCUT2D eigenvalue weighted by Crippen LogP contribution is 2.35. The molecule has 0 fully saturated rings. The largest absolute Gasteiger partial charge is 0.208 e. The van der Waals surface area contributed by atoms with Gasteiger partial charge < -0.3 is 0 Å². The standard InChI is InChI=1S/C45H44B15N3S/c46-26-19(27(47)31(51)21(30(26)50)22-32(52)37(57)33(53)23-24-34(54)38(58)39(59)40(60)42(24)64-41(22)23)20-28(48)35(55)25(36(56)29(20)49)45-62-43(17-9-5-2-6-10-17)61-44(63-45)18-13-11-16(12-14-18)15-7-3-1-4-8-15/h1-14H,46-60H2. The Morgan fingerprint density at radius 2 is 0.562 bits per heavy atom. The van der Waals surface area contributed by atoms with E-state index in [-0.39, 0.29) is 0 Å². The van der Waals surface area contributed by atoms with Crippen molar-refractivity contribution < 1.29 is 0 Å². The minimum Gasteiger partial charge on any atom is -0.208 e. The van der Waals surface area contributed by atoms with Gasteiger partial charge in [0.25, 0.3) is 0 Å². The van der Waals surface area contributed by atoms with Crippen LogP contribution in [0.3, 0.4) is 0 Å². The van der Waals surface area contributed by atoms with E-state index in [0.29, 0.717) is 17.5 Å². The fourth-order valence-corrected chi connectivity index (χ4v) is 12.1. The van der Waals surface area contributed by atoms with Crippen molar-refractivity contribution in [3.63, 3.8) is 0 Å². The van der Waals surface area contributed by atoms with Crippen molar-refractivity contribution in [1.29, 1.82) is 0 Å². The number of hydrogen-bond donors (Lipinski definition) is 0. The van der Waals surface area contributed by atoms with Crippen molar-refractivity contribution in [1.82, 2.24) is 15.0 Å². The zero-order valence-electron chi connectivity index (χ0n) is 40.3. The first-order chi connectivity index (χ1) is 30.5. The average Bonchev–Trinajstić information content (AvgIpc) is 3.71. The van der Waals surface area contributed by atoms with Gasteiger partial charge >= 0.3 is 0 Å². The van der Waals surface area contributed by atoms with Crippen LogP contribution in [-0.2, 0) is 0 Å². The monoisotopic (exact) mass is 823 g/mol. The molecular formula is C45H44B15N3S. The minimum absolute atomic E-state index is 0.667. The quantitative estimate of drug-likeness (QED) is 0.157. The van der Waals surface area contributed by atoms with Gasteiger partial charge in [-0.25, -0.2) is 15.0 Å². The summed E-state index contributed by atoms with van der Waals surface area (Å²) in [6.07, 6.45) is 0. The lowest BCUT2D eigenvalue weighted by atomic mass is 9.56. The van der Waals surface area contributed by atoms with Crippen molar-refractivity contribution in [2.45, 2.75) is 0 Å². The predicted octanol–water partition coefficient (Wildman–Crippen LogP) is -13.9. The van der Waals surface area contributed by atoms with Gasteiger partial charge in [-0.1, -0.05) is 150 Å². The maximum Gasteiger partial charge on any atom is 0.164 e. The zero-order chi connectivity index (χ0) is 45.6. The Kier molecular flexibility index (Phi) is 11.4. The highest BCUT2D eigenvalue weighted by Gasteiger charge is 2.27. The first kappa shape index (κ1) is 44.0. The zero-order valence-corrected chi connectivity index (χ0v) is 41.1. The van der Waals surface area contributed by atoms with E-state index in [9.17, 15) is 0 Å². The summed E-state index contributed by atoms with van der Waals surface area (Å²) in [5, 5.41) is 2.89. The summed E-state index contributed by atoms with van der Waals surface area (Å²) < 4.78 is 2.86. The first-order valence-corrected chi connectivity index (χ1v) is 23.5. The van der Waals surface area contributed by atoms with Crippen LogP contribution in [-0.4, -0.2) is 133 Å². The van der Waals surface area contributed by atoms with Gasteiger partial charge in [0.05, 0.1) is 0 Å². The Balaban J connectivity index is 1.23. The second-order valence-corrected chi connectivity index (χ2v) is 19.4. The van der Waals surface area contributed by atoms with Gasteiger partial charge in [-0.3, -0.25) is 0 Å². The molecular weight excluding hydrogens is 777 g/mol. The SMILES string of the molecule is Bc1c(B)c(-c2c(B)c(B)c(-c3c(B)c(B)c(B)c4c3sc3c(B)c(B)c(B)c(B)c34)c(B)c2B)c(B)c(B)c1-c1nc(-c2ccccc2)nc(-c2ccc(-c3ccccc3)cc2)n1. The van der Waals surface area contributed by atoms with Crippen molar-refractivity contribution in [2.75, 3.05) is 0 Å². The third kappa shape index (κ3) is 6.82. The van der Waals surface area contributed by atoms with Gasteiger partial charge in [-0.05, 0) is 44.2 Å². The van der Waals surface area contributed by atoms with Crippen LogP contribution in [0.2, 0.25) is 0 Å². The summed E-state index contributed by atoms with van der Waals surface area (Å²) in [5.74, 6) is 2.04. The Morgan fingerprint density at radius 1 is 0.250 bits per heavy atom. The molecule has 0 saturated heterocycles. The molecule has 0 unspecified atom stereocenters. The Bertz CT molecular complexity index is 3380. The van der Waals surface area contributed by atoms with Gasteiger partial charge in [0.2, 0.25) is 0 Å². The van der Waals surface area contributed by atoms with Crippen LogP contribution in [0.25, 0.3) is 87.7 Å². The summed E-state index contributed by atoms with van der Waals surface area (Å²) in [7, 11) is 34.8. The molecule has 0 bridgehead atoms. The van der Waals surface area contributed by atoms with Crippen LogP contribution in [0.1, 0.15) is 0 Å². The summed E-state index contributed by atoms with van der Waals surface area (Å²) in [5.41, 5.74) is 31.0. The van der Waals surface area contributed by atoms with Crippen molar-refractivity contribution in [3.8, 4) is 67.5 Å². The molecule has 0 amide bonds. The molecule has 0 aliphatic heterocycles.